The van der Waals surface area contributed by atoms with Crippen molar-refractivity contribution in [2.75, 3.05) is 6.54 Å². The highest BCUT2D eigenvalue weighted by Gasteiger charge is 2.38. The molecule has 1 rings (SSSR count). The summed E-state index contributed by atoms with van der Waals surface area (Å²) in [5, 5.41) is 19.1. The van der Waals surface area contributed by atoms with E-state index in [1.165, 1.54) is 18.7 Å². The Morgan fingerprint density at radius 1 is 0.805 bits per heavy atom. The van der Waals surface area contributed by atoms with Crippen molar-refractivity contribution in [2.24, 2.45) is 23.3 Å². The number of nitrogens with zero attached hydrogens (tertiary/aromatic N) is 1. The van der Waals surface area contributed by atoms with Crippen LogP contribution in [0.4, 0.5) is 0 Å². The lowest BCUT2D eigenvalue weighted by atomic mass is 10.0. The van der Waals surface area contributed by atoms with Gasteiger partial charge >= 0.3 is 5.97 Å². The molecule has 1 heterocycles. The van der Waals surface area contributed by atoms with Crippen molar-refractivity contribution in [3.63, 3.8) is 0 Å². The Kier molecular flexibility index (Phi) is 13.7. The Balaban J connectivity index is 2.86. The molecule has 15 heteroatoms. The highest BCUT2D eigenvalue weighted by Crippen LogP contribution is 2.20. The zero-order valence-electron chi connectivity index (χ0n) is 24.6. The molecule has 0 unspecified atom stereocenters. The van der Waals surface area contributed by atoms with Gasteiger partial charge in [-0.1, -0.05) is 27.7 Å². The molecule has 0 aromatic heterocycles. The number of carbonyl (C=O) groups excluding carboxylic acids is 6. The number of hydrogen-bond acceptors (Lipinski definition) is 8. The number of nitrogens with one attached hydrogen (secondary N) is 4. The molecular formula is C26H45N7O8. The maximum atomic E-state index is 13.2. The first kappa shape index (κ1) is 35.3. The number of carboxylic acid groups (broad SMARTS) is 1. The first-order valence-electron chi connectivity index (χ1n) is 13.8. The summed E-state index contributed by atoms with van der Waals surface area (Å²) in [6, 6.07) is -6.20. The fourth-order valence-electron chi connectivity index (χ4n) is 4.27. The fraction of sp³-hybridized carbons (Fsp3) is 0.731. The minimum Gasteiger partial charge on any atom is -0.480 e. The Labute approximate surface area is 239 Å². The largest absolute Gasteiger partial charge is 0.480 e. The Bertz CT molecular complexity index is 1000. The lowest BCUT2D eigenvalue weighted by Crippen LogP contribution is -2.60. The number of amides is 6. The Morgan fingerprint density at radius 3 is 1.80 bits per heavy atom. The number of likely N-dealkylation sites (tertiary alicyclic amines) is 1. The van der Waals surface area contributed by atoms with Gasteiger partial charge < -0.3 is 42.7 Å². The van der Waals surface area contributed by atoms with Gasteiger partial charge in [-0.05, 0) is 44.9 Å². The van der Waals surface area contributed by atoms with Gasteiger partial charge in [0.25, 0.3) is 0 Å². The van der Waals surface area contributed by atoms with Gasteiger partial charge in [-0.2, -0.15) is 0 Å². The van der Waals surface area contributed by atoms with E-state index in [2.05, 4.69) is 21.3 Å². The third kappa shape index (κ3) is 10.6. The van der Waals surface area contributed by atoms with Gasteiger partial charge in [0.05, 0.1) is 6.04 Å². The molecule has 6 atom stereocenters. The average molecular weight is 584 g/mol. The topological polar surface area (TPSA) is 243 Å². The molecule has 232 valence electrons. The summed E-state index contributed by atoms with van der Waals surface area (Å²) >= 11 is 0. The molecular weight excluding hydrogens is 538 g/mol. The van der Waals surface area contributed by atoms with Crippen LogP contribution in [0.25, 0.3) is 0 Å². The highest BCUT2D eigenvalue weighted by atomic mass is 16.4. The SMILES string of the molecule is CC(C)[C@H](NC(=O)[C@H](C)NC(=O)[C@@H](NC(=O)[C@@H]1CCCN1C(=O)[C@@H](N)CCC(N)=O)C(C)C)C(=O)N[C@@H](C)C(=O)O. The van der Waals surface area contributed by atoms with Crippen molar-refractivity contribution in [1.29, 1.82) is 0 Å². The summed E-state index contributed by atoms with van der Waals surface area (Å²) < 4.78 is 0. The van der Waals surface area contributed by atoms with Gasteiger partial charge in [0.2, 0.25) is 35.4 Å². The van der Waals surface area contributed by atoms with Crippen LogP contribution < -0.4 is 32.7 Å². The lowest BCUT2D eigenvalue weighted by molar-refractivity contribution is -0.142. The van der Waals surface area contributed by atoms with Crippen molar-refractivity contribution < 1.29 is 38.7 Å². The van der Waals surface area contributed by atoms with Crippen molar-refractivity contribution in [3.05, 3.63) is 0 Å². The van der Waals surface area contributed by atoms with E-state index in [9.17, 15) is 33.6 Å². The Morgan fingerprint density at radius 2 is 1.32 bits per heavy atom. The molecule has 0 aromatic carbocycles. The normalized spacial score (nSPS) is 18.6. The molecule has 15 nitrogen and oxygen atoms in total. The lowest BCUT2D eigenvalue weighted by Gasteiger charge is -2.30. The van der Waals surface area contributed by atoms with Gasteiger partial charge in [-0.3, -0.25) is 33.6 Å². The van der Waals surface area contributed by atoms with Crippen LogP contribution in [-0.4, -0.2) is 94.2 Å². The van der Waals surface area contributed by atoms with E-state index in [1.54, 1.807) is 27.7 Å². The van der Waals surface area contributed by atoms with E-state index in [0.29, 0.717) is 19.4 Å². The second-order valence-corrected chi connectivity index (χ2v) is 11.1. The molecule has 0 aromatic rings. The summed E-state index contributed by atoms with van der Waals surface area (Å²) in [7, 11) is 0. The van der Waals surface area contributed by atoms with Crippen LogP contribution in [0.3, 0.4) is 0 Å². The molecule has 1 aliphatic heterocycles. The number of hydrogen-bond donors (Lipinski definition) is 7. The molecule has 1 aliphatic rings. The molecule has 6 amide bonds. The summed E-state index contributed by atoms with van der Waals surface area (Å²) in [6.45, 7) is 9.75. The number of nitrogens with two attached hydrogens (primary N) is 2. The zero-order valence-corrected chi connectivity index (χ0v) is 24.6. The molecule has 0 saturated carbocycles. The van der Waals surface area contributed by atoms with Crippen LogP contribution in [0.15, 0.2) is 0 Å². The second kappa shape index (κ2) is 15.9. The minimum atomic E-state index is -1.23. The van der Waals surface area contributed by atoms with E-state index in [-0.39, 0.29) is 24.7 Å². The van der Waals surface area contributed by atoms with Crippen LogP contribution in [0, 0.1) is 11.8 Å². The molecule has 0 bridgehead atoms. The van der Waals surface area contributed by atoms with Gasteiger partial charge in [0, 0.05) is 13.0 Å². The number of primary amides is 1. The van der Waals surface area contributed by atoms with Gasteiger partial charge in [-0.25, -0.2) is 0 Å². The molecule has 0 spiro atoms. The van der Waals surface area contributed by atoms with E-state index in [0.717, 1.165) is 0 Å². The van der Waals surface area contributed by atoms with Crippen LogP contribution >= 0.6 is 0 Å². The second-order valence-electron chi connectivity index (χ2n) is 11.1. The van der Waals surface area contributed by atoms with Crippen LogP contribution in [0.2, 0.25) is 0 Å². The summed E-state index contributed by atoms with van der Waals surface area (Å²) in [5.74, 6) is -5.63. The molecule has 1 fully saturated rings. The van der Waals surface area contributed by atoms with Crippen molar-refractivity contribution in [2.45, 2.75) is 103 Å². The summed E-state index contributed by atoms with van der Waals surface area (Å²) in [6.07, 6.45) is 0.902. The quantitative estimate of drug-likeness (QED) is 0.112. The monoisotopic (exact) mass is 583 g/mol. The van der Waals surface area contributed by atoms with Gasteiger partial charge in [0.1, 0.15) is 30.2 Å². The molecule has 0 radical (unpaired) electrons. The van der Waals surface area contributed by atoms with Crippen molar-refractivity contribution in [3.8, 4) is 0 Å². The number of rotatable bonds is 15. The van der Waals surface area contributed by atoms with Crippen LogP contribution in [0.1, 0.15) is 67.2 Å². The van der Waals surface area contributed by atoms with Crippen molar-refractivity contribution in [1.82, 2.24) is 26.2 Å². The van der Waals surface area contributed by atoms with Crippen molar-refractivity contribution >= 4 is 41.4 Å². The van der Waals surface area contributed by atoms with Crippen LogP contribution in [-0.2, 0) is 33.6 Å². The smallest absolute Gasteiger partial charge is 0.325 e. The highest BCUT2D eigenvalue weighted by molar-refractivity contribution is 5.96. The number of aliphatic carboxylic acids is 1. The standard InChI is InChI=1S/C26H45N7O8/c1-12(2)19(24(38)30-15(6)26(40)41)31-21(35)14(5)29-23(37)20(13(3)4)32-22(36)17-8-7-11-33(17)25(39)16(27)9-10-18(28)34/h12-17,19-20H,7-11,27H2,1-6H3,(H2,28,34)(H,29,37)(H,30,38)(H,31,35)(H,32,36)(H,40,41)/t14-,15-,16-,17-,19-,20-/m0/s1. The zero-order chi connectivity index (χ0) is 31.6. The third-order valence-electron chi connectivity index (χ3n) is 6.83. The van der Waals surface area contributed by atoms with E-state index >= 15 is 0 Å². The van der Waals surface area contributed by atoms with Crippen LogP contribution in [0.5, 0.6) is 0 Å². The maximum Gasteiger partial charge on any atom is 0.325 e. The van der Waals surface area contributed by atoms with Gasteiger partial charge in [-0.15, -0.1) is 0 Å². The fourth-order valence-corrected chi connectivity index (χ4v) is 4.27. The number of carboxylic acids is 1. The third-order valence-corrected chi connectivity index (χ3v) is 6.83. The predicted molar refractivity (Wildman–Crippen MR) is 148 cm³/mol. The molecule has 1 saturated heterocycles. The first-order valence-corrected chi connectivity index (χ1v) is 13.8. The van der Waals surface area contributed by atoms with E-state index in [1.807, 2.05) is 0 Å². The van der Waals surface area contributed by atoms with Gasteiger partial charge in [0.15, 0.2) is 0 Å². The summed E-state index contributed by atoms with van der Waals surface area (Å²) in [5.41, 5.74) is 11.0. The van der Waals surface area contributed by atoms with E-state index in [4.69, 9.17) is 16.6 Å². The molecule has 41 heavy (non-hydrogen) atoms. The number of carbonyl (C=O) groups is 7. The average Bonchev–Trinajstić information content (AvgIpc) is 3.37. The predicted octanol–water partition coefficient (Wildman–Crippen LogP) is -2.05. The Hall–Kier alpha value is -3.75. The molecule has 0 aliphatic carbocycles. The maximum absolute atomic E-state index is 13.2. The first-order chi connectivity index (χ1) is 19.0. The van der Waals surface area contributed by atoms with E-state index < -0.39 is 77.7 Å². The molecule has 9 N–H and O–H groups in total. The summed E-state index contributed by atoms with van der Waals surface area (Å²) in [4.78, 5) is 87.9. The minimum absolute atomic E-state index is 0.0495.